The zero-order valence-corrected chi connectivity index (χ0v) is 11.2. The third-order valence-electron chi connectivity index (χ3n) is 3.16. The Morgan fingerprint density at radius 2 is 2.12 bits per heavy atom. The van der Waals surface area contributed by atoms with Crippen LogP contribution >= 0.6 is 0 Å². The lowest BCUT2D eigenvalue weighted by atomic mass is 9.87. The molecule has 1 aliphatic rings. The van der Waals surface area contributed by atoms with Gasteiger partial charge in [-0.1, -0.05) is 30.4 Å². The van der Waals surface area contributed by atoms with Gasteiger partial charge in [-0.25, -0.2) is 0 Å². The Balaban J connectivity index is 2.71. The first-order valence-corrected chi connectivity index (χ1v) is 6.25. The Kier molecular flexibility index (Phi) is 5.14. The van der Waals surface area contributed by atoms with Gasteiger partial charge in [0.1, 0.15) is 5.78 Å². The molecule has 0 aromatic heterocycles. The third-order valence-corrected chi connectivity index (χ3v) is 3.16. The van der Waals surface area contributed by atoms with Gasteiger partial charge in [0.05, 0.1) is 0 Å². The highest BCUT2D eigenvalue weighted by molar-refractivity contribution is 5.75. The smallest absolute Gasteiger partial charge is 0.129 e. The summed E-state index contributed by atoms with van der Waals surface area (Å²) in [7, 11) is 0. The van der Waals surface area contributed by atoms with Crippen LogP contribution in [0, 0.1) is 0 Å². The highest BCUT2D eigenvalue weighted by Crippen LogP contribution is 2.30. The topological polar surface area (TPSA) is 17.1 Å². The van der Waals surface area contributed by atoms with E-state index in [1.807, 2.05) is 0 Å². The average molecular weight is 230 g/mol. The number of ketones is 1. The number of allylic oxidation sites excluding steroid dienone is 7. The molecule has 0 unspecified atom stereocenters. The summed E-state index contributed by atoms with van der Waals surface area (Å²) >= 11 is 0. The van der Waals surface area contributed by atoms with Crippen molar-refractivity contribution >= 4 is 5.78 Å². The van der Waals surface area contributed by atoms with Gasteiger partial charge in [-0.2, -0.15) is 0 Å². The average Bonchev–Trinajstić information content (AvgIpc) is 2.28. The molecule has 0 aromatic rings. The van der Waals surface area contributed by atoms with Crippen LogP contribution in [-0.4, -0.2) is 5.78 Å². The van der Waals surface area contributed by atoms with Gasteiger partial charge in [-0.15, -0.1) is 0 Å². The maximum atomic E-state index is 10.9. The van der Waals surface area contributed by atoms with Crippen LogP contribution in [0.15, 0.2) is 47.1 Å². The summed E-state index contributed by atoms with van der Waals surface area (Å²) in [6.45, 7) is 9.90. The zero-order chi connectivity index (χ0) is 12.8. The van der Waals surface area contributed by atoms with Crippen molar-refractivity contribution in [1.82, 2.24) is 0 Å². The second-order valence-electron chi connectivity index (χ2n) is 4.70. The minimum atomic E-state index is 0.277. The number of hydrogen-bond acceptors (Lipinski definition) is 1. The van der Waals surface area contributed by atoms with Crippen molar-refractivity contribution in [2.24, 2.45) is 0 Å². The number of carbonyl (C=O) groups is 1. The second-order valence-corrected chi connectivity index (χ2v) is 4.70. The molecule has 0 amide bonds. The van der Waals surface area contributed by atoms with Crippen LogP contribution in [-0.2, 0) is 4.79 Å². The van der Waals surface area contributed by atoms with E-state index in [9.17, 15) is 4.79 Å². The van der Waals surface area contributed by atoms with E-state index < -0.39 is 0 Å². The molecule has 1 aliphatic carbocycles. The normalized spacial score (nSPS) is 16.6. The first-order chi connectivity index (χ1) is 8.04. The maximum absolute atomic E-state index is 10.9. The lowest BCUT2D eigenvalue weighted by molar-refractivity contribution is -0.117. The molecule has 0 aliphatic heterocycles. The molecule has 17 heavy (non-hydrogen) atoms. The summed E-state index contributed by atoms with van der Waals surface area (Å²) in [6, 6.07) is 0. The van der Waals surface area contributed by atoms with Crippen LogP contribution in [0.1, 0.15) is 46.5 Å². The lowest BCUT2D eigenvalue weighted by Gasteiger charge is -2.18. The van der Waals surface area contributed by atoms with Crippen LogP contribution < -0.4 is 0 Å². The molecule has 1 rings (SSSR count). The van der Waals surface area contributed by atoms with Gasteiger partial charge >= 0.3 is 0 Å². The van der Waals surface area contributed by atoms with Gasteiger partial charge in [0.15, 0.2) is 0 Å². The highest BCUT2D eigenvalue weighted by atomic mass is 16.1. The van der Waals surface area contributed by atoms with Gasteiger partial charge in [-0.3, -0.25) is 0 Å². The van der Waals surface area contributed by atoms with Crippen LogP contribution in [0.5, 0.6) is 0 Å². The van der Waals surface area contributed by atoms with Gasteiger partial charge in [0.25, 0.3) is 0 Å². The van der Waals surface area contributed by atoms with Crippen molar-refractivity contribution in [2.75, 3.05) is 0 Å². The van der Waals surface area contributed by atoms with Crippen LogP contribution in [0.4, 0.5) is 0 Å². The van der Waals surface area contributed by atoms with Crippen molar-refractivity contribution in [3.8, 4) is 0 Å². The second kappa shape index (κ2) is 6.39. The van der Waals surface area contributed by atoms with Crippen molar-refractivity contribution in [3.63, 3.8) is 0 Å². The van der Waals surface area contributed by atoms with E-state index in [2.05, 4.69) is 38.7 Å². The quantitative estimate of drug-likeness (QED) is 0.678. The first kappa shape index (κ1) is 13.7. The fraction of sp³-hybridized carbons (Fsp3) is 0.438. The van der Waals surface area contributed by atoms with Gasteiger partial charge in [-0.05, 0) is 56.8 Å². The molecule has 0 saturated heterocycles. The molecule has 0 spiro atoms. The van der Waals surface area contributed by atoms with E-state index in [1.54, 1.807) is 6.92 Å². The monoisotopic (exact) mass is 230 g/mol. The summed E-state index contributed by atoms with van der Waals surface area (Å²) in [5.41, 5.74) is 5.25. The van der Waals surface area contributed by atoms with Crippen molar-refractivity contribution in [2.45, 2.75) is 46.5 Å². The predicted molar refractivity (Wildman–Crippen MR) is 73.9 cm³/mol. The Labute approximate surface area is 105 Å². The first-order valence-electron chi connectivity index (χ1n) is 6.25. The molecule has 0 atom stereocenters. The summed E-state index contributed by atoms with van der Waals surface area (Å²) in [4.78, 5) is 10.9. The number of hydrogen-bond donors (Lipinski definition) is 0. The number of carbonyl (C=O) groups excluding carboxylic acids is 1. The fourth-order valence-electron chi connectivity index (χ4n) is 2.13. The molecule has 92 valence electrons. The van der Waals surface area contributed by atoms with Crippen LogP contribution in [0.3, 0.4) is 0 Å². The van der Waals surface area contributed by atoms with Crippen molar-refractivity contribution in [3.05, 3.63) is 47.1 Å². The van der Waals surface area contributed by atoms with Crippen LogP contribution in [0.2, 0.25) is 0 Å². The molecule has 0 bridgehead atoms. The van der Waals surface area contributed by atoms with E-state index in [0.717, 1.165) is 24.8 Å². The molecular weight excluding hydrogens is 208 g/mol. The molecule has 0 fully saturated rings. The Morgan fingerprint density at radius 3 is 2.71 bits per heavy atom. The Morgan fingerprint density at radius 1 is 1.41 bits per heavy atom. The lowest BCUT2D eigenvalue weighted by Crippen LogP contribution is -2.00. The maximum Gasteiger partial charge on any atom is 0.129 e. The summed E-state index contributed by atoms with van der Waals surface area (Å²) in [5.74, 6) is 0.277. The Bertz CT molecular complexity index is 405. The number of Topliss-reactive ketones (excluding diaryl/α,β-unsaturated/α-hetero) is 1. The summed E-state index contributed by atoms with van der Waals surface area (Å²) < 4.78 is 0. The fourth-order valence-corrected chi connectivity index (χ4v) is 2.13. The minimum absolute atomic E-state index is 0.277. The Hall–Kier alpha value is -1.37. The standard InChI is InChI=1S/C16H22O/c1-5-15(8-6-7-14(4)17)16-11-12(2)9-10-13(16)3/h5,9-10H,2,6-8,11H2,1,3-4H3/b15-5-. The molecular formula is C16H22O. The molecule has 0 heterocycles. The van der Waals surface area contributed by atoms with E-state index in [-0.39, 0.29) is 5.78 Å². The molecule has 0 N–H and O–H groups in total. The number of rotatable bonds is 5. The molecule has 0 radical (unpaired) electrons. The van der Waals surface area contributed by atoms with Gasteiger partial charge < -0.3 is 4.79 Å². The zero-order valence-electron chi connectivity index (χ0n) is 11.2. The molecule has 1 heteroatoms. The summed E-state index contributed by atoms with van der Waals surface area (Å²) in [5, 5.41) is 0. The van der Waals surface area contributed by atoms with Crippen LogP contribution in [0.25, 0.3) is 0 Å². The molecule has 1 nitrogen and oxygen atoms in total. The molecule has 0 saturated carbocycles. The summed E-state index contributed by atoms with van der Waals surface area (Å²) in [6.07, 6.45) is 9.96. The SMILES string of the molecule is C=C1C=CC(C)=C(/C(=C\C)CCCC(C)=O)C1. The van der Waals surface area contributed by atoms with E-state index in [1.165, 1.54) is 16.7 Å². The predicted octanol–water partition coefficient (Wildman–Crippen LogP) is 4.52. The highest BCUT2D eigenvalue weighted by Gasteiger charge is 2.11. The third kappa shape index (κ3) is 4.18. The largest absolute Gasteiger partial charge is 0.300 e. The van der Waals surface area contributed by atoms with E-state index >= 15 is 0 Å². The van der Waals surface area contributed by atoms with E-state index in [0.29, 0.717) is 6.42 Å². The van der Waals surface area contributed by atoms with Gasteiger partial charge in [0.2, 0.25) is 0 Å². The molecule has 0 aromatic carbocycles. The van der Waals surface area contributed by atoms with Crippen molar-refractivity contribution in [1.29, 1.82) is 0 Å². The van der Waals surface area contributed by atoms with Crippen molar-refractivity contribution < 1.29 is 4.79 Å². The van der Waals surface area contributed by atoms with E-state index in [4.69, 9.17) is 0 Å². The van der Waals surface area contributed by atoms with Gasteiger partial charge in [0, 0.05) is 6.42 Å². The minimum Gasteiger partial charge on any atom is -0.300 e.